The number of thiazole rings is 1. The van der Waals surface area contributed by atoms with E-state index in [1.165, 1.54) is 23.4 Å². The summed E-state index contributed by atoms with van der Waals surface area (Å²) in [4.78, 5) is 25.0. The van der Waals surface area contributed by atoms with Crippen LogP contribution in [0.25, 0.3) is 10.6 Å². The number of piperazine rings is 1. The van der Waals surface area contributed by atoms with Crippen LogP contribution >= 0.6 is 11.3 Å². The van der Waals surface area contributed by atoms with Crippen LogP contribution in [0.4, 0.5) is 5.00 Å². The molecule has 0 radical (unpaired) electrons. The van der Waals surface area contributed by atoms with Gasteiger partial charge in [-0.25, -0.2) is 4.98 Å². The predicted octanol–water partition coefficient (Wildman–Crippen LogP) is 2.73. The van der Waals surface area contributed by atoms with E-state index in [1.807, 2.05) is 6.07 Å². The van der Waals surface area contributed by atoms with Gasteiger partial charge in [-0.3, -0.25) is 4.79 Å². The van der Waals surface area contributed by atoms with Gasteiger partial charge < -0.3 is 14.7 Å². The molecular formula is C21H26N4OS. The van der Waals surface area contributed by atoms with E-state index >= 15 is 0 Å². The van der Waals surface area contributed by atoms with Gasteiger partial charge in [-0.2, -0.15) is 0 Å². The van der Waals surface area contributed by atoms with Gasteiger partial charge in [0.2, 0.25) is 5.91 Å². The van der Waals surface area contributed by atoms with Gasteiger partial charge in [0.05, 0.1) is 5.69 Å². The molecule has 6 heteroatoms. The summed E-state index contributed by atoms with van der Waals surface area (Å²) in [5.41, 5.74) is 2.29. The molecule has 0 bridgehead atoms. The van der Waals surface area contributed by atoms with E-state index < -0.39 is 0 Å². The summed E-state index contributed by atoms with van der Waals surface area (Å²) < 4.78 is 0. The van der Waals surface area contributed by atoms with Crippen LogP contribution in [-0.2, 0) is 11.2 Å². The highest BCUT2D eigenvalue weighted by molar-refractivity contribution is 7.19. The SMILES string of the molecule is CN1CCN(C(=O)C2Cc3nc(-c4ccccc4)sc3N2CC2CC2)CC1. The number of fused-ring (bicyclic) bond motifs is 1. The molecule has 2 fully saturated rings. The number of benzene rings is 1. The molecule has 142 valence electrons. The third-order valence-corrected chi connectivity index (χ3v) is 7.16. The van der Waals surface area contributed by atoms with Gasteiger partial charge in [-0.1, -0.05) is 41.7 Å². The van der Waals surface area contributed by atoms with Gasteiger partial charge in [-0.15, -0.1) is 0 Å². The molecule has 0 N–H and O–H groups in total. The summed E-state index contributed by atoms with van der Waals surface area (Å²) in [6.45, 7) is 4.64. The molecular weight excluding hydrogens is 356 g/mol. The summed E-state index contributed by atoms with van der Waals surface area (Å²) in [6, 6.07) is 10.3. The Kier molecular flexibility index (Phi) is 4.40. The van der Waals surface area contributed by atoms with E-state index in [9.17, 15) is 4.79 Å². The second kappa shape index (κ2) is 6.91. The highest BCUT2D eigenvalue weighted by atomic mass is 32.1. The van der Waals surface area contributed by atoms with Crippen molar-refractivity contribution in [2.45, 2.75) is 25.3 Å². The average Bonchev–Trinajstić information content (AvgIpc) is 3.32. The highest BCUT2D eigenvalue weighted by Gasteiger charge is 2.42. The third-order valence-electron chi connectivity index (χ3n) is 5.97. The van der Waals surface area contributed by atoms with Crippen LogP contribution in [0.5, 0.6) is 0 Å². The number of carbonyl (C=O) groups excluding carboxylic acids is 1. The number of carbonyl (C=O) groups is 1. The molecule has 3 aliphatic rings. The second-order valence-electron chi connectivity index (χ2n) is 8.08. The Morgan fingerprint density at radius 1 is 1.15 bits per heavy atom. The van der Waals surface area contributed by atoms with Gasteiger partial charge in [0.25, 0.3) is 0 Å². The smallest absolute Gasteiger partial charge is 0.245 e. The van der Waals surface area contributed by atoms with Crippen molar-refractivity contribution in [3.8, 4) is 10.6 Å². The molecule has 1 saturated carbocycles. The number of nitrogens with zero attached hydrogens (tertiary/aromatic N) is 4. The van der Waals surface area contributed by atoms with Crippen molar-refractivity contribution in [2.24, 2.45) is 5.92 Å². The number of aromatic nitrogens is 1. The Morgan fingerprint density at radius 2 is 1.89 bits per heavy atom. The summed E-state index contributed by atoms with van der Waals surface area (Å²) in [5, 5.41) is 2.31. The Morgan fingerprint density at radius 3 is 2.59 bits per heavy atom. The standard InChI is InChI=1S/C21H26N4OS/c1-23-9-11-24(12-10-23)20(26)18-13-17-21(25(18)14-15-7-8-15)27-19(22-17)16-5-3-2-4-6-16/h2-6,15,18H,7-14H2,1H3. The van der Waals surface area contributed by atoms with E-state index in [2.05, 4.69) is 46.0 Å². The lowest BCUT2D eigenvalue weighted by atomic mass is 10.1. The van der Waals surface area contributed by atoms with Gasteiger partial charge >= 0.3 is 0 Å². The number of rotatable bonds is 4. The van der Waals surface area contributed by atoms with Crippen molar-refractivity contribution < 1.29 is 4.79 Å². The van der Waals surface area contributed by atoms with Crippen molar-refractivity contribution >= 4 is 22.2 Å². The second-order valence-corrected chi connectivity index (χ2v) is 9.06. The largest absolute Gasteiger partial charge is 0.349 e. The van der Waals surface area contributed by atoms with Crippen LogP contribution in [0.3, 0.4) is 0 Å². The maximum absolute atomic E-state index is 13.3. The predicted molar refractivity (Wildman–Crippen MR) is 109 cm³/mol. The molecule has 0 spiro atoms. The Bertz CT molecular complexity index is 824. The fourth-order valence-corrected chi connectivity index (χ4v) is 5.25. The zero-order valence-corrected chi connectivity index (χ0v) is 16.6. The first kappa shape index (κ1) is 17.2. The maximum atomic E-state index is 13.3. The molecule has 2 aliphatic heterocycles. The lowest BCUT2D eigenvalue weighted by Crippen LogP contribution is -2.54. The Labute approximate surface area is 164 Å². The molecule has 5 rings (SSSR count). The molecule has 1 amide bonds. The number of hydrogen-bond donors (Lipinski definition) is 0. The minimum absolute atomic E-state index is 0.0485. The summed E-state index contributed by atoms with van der Waals surface area (Å²) in [7, 11) is 2.13. The monoisotopic (exact) mass is 382 g/mol. The van der Waals surface area contributed by atoms with Crippen molar-refractivity contribution in [3.63, 3.8) is 0 Å². The van der Waals surface area contributed by atoms with Crippen LogP contribution in [0.1, 0.15) is 18.5 Å². The molecule has 2 aromatic rings. The molecule has 1 aliphatic carbocycles. The fraction of sp³-hybridized carbons (Fsp3) is 0.524. The molecule has 1 aromatic heterocycles. The first-order valence-electron chi connectivity index (χ1n) is 9.98. The van der Waals surface area contributed by atoms with E-state index in [0.717, 1.165) is 55.8 Å². The van der Waals surface area contributed by atoms with Gasteiger partial charge in [0, 0.05) is 44.7 Å². The van der Waals surface area contributed by atoms with Crippen LogP contribution in [0.15, 0.2) is 30.3 Å². The van der Waals surface area contributed by atoms with E-state index in [0.29, 0.717) is 5.91 Å². The fourth-order valence-electron chi connectivity index (χ4n) is 4.09. The Hall–Kier alpha value is -1.92. The van der Waals surface area contributed by atoms with Crippen molar-refractivity contribution in [3.05, 3.63) is 36.0 Å². The van der Waals surface area contributed by atoms with Gasteiger partial charge in [-0.05, 0) is 25.8 Å². The minimum Gasteiger partial charge on any atom is -0.349 e. The lowest BCUT2D eigenvalue weighted by Gasteiger charge is -2.36. The molecule has 1 unspecified atom stereocenters. The van der Waals surface area contributed by atoms with Crippen LogP contribution < -0.4 is 4.90 Å². The number of hydrogen-bond acceptors (Lipinski definition) is 5. The van der Waals surface area contributed by atoms with Crippen LogP contribution in [0, 0.1) is 5.92 Å². The number of amides is 1. The molecule has 5 nitrogen and oxygen atoms in total. The Balaban J connectivity index is 1.39. The number of likely N-dealkylation sites (N-methyl/N-ethyl adjacent to an activating group) is 1. The van der Waals surface area contributed by atoms with Crippen LogP contribution in [0.2, 0.25) is 0 Å². The topological polar surface area (TPSA) is 39.7 Å². The van der Waals surface area contributed by atoms with E-state index in [1.54, 1.807) is 11.3 Å². The molecule has 27 heavy (non-hydrogen) atoms. The molecule has 1 saturated heterocycles. The first-order chi connectivity index (χ1) is 13.2. The summed E-state index contributed by atoms with van der Waals surface area (Å²) >= 11 is 1.76. The first-order valence-corrected chi connectivity index (χ1v) is 10.8. The van der Waals surface area contributed by atoms with Gasteiger partial charge in [0.15, 0.2) is 0 Å². The average molecular weight is 383 g/mol. The molecule has 1 aromatic carbocycles. The number of anilines is 1. The lowest BCUT2D eigenvalue weighted by molar-refractivity contribution is -0.134. The van der Waals surface area contributed by atoms with Crippen LogP contribution in [-0.4, -0.2) is 66.5 Å². The maximum Gasteiger partial charge on any atom is 0.245 e. The third kappa shape index (κ3) is 3.36. The van der Waals surface area contributed by atoms with Gasteiger partial charge in [0.1, 0.15) is 16.1 Å². The molecule has 3 heterocycles. The summed E-state index contributed by atoms with van der Waals surface area (Å²) in [6.07, 6.45) is 3.35. The van der Waals surface area contributed by atoms with E-state index in [-0.39, 0.29) is 6.04 Å². The minimum atomic E-state index is -0.0485. The molecule has 1 atom stereocenters. The summed E-state index contributed by atoms with van der Waals surface area (Å²) in [5.74, 6) is 1.05. The highest BCUT2D eigenvalue weighted by Crippen LogP contribution is 2.44. The quantitative estimate of drug-likeness (QED) is 0.815. The van der Waals surface area contributed by atoms with E-state index in [4.69, 9.17) is 4.98 Å². The zero-order chi connectivity index (χ0) is 18.4. The van der Waals surface area contributed by atoms with Crippen molar-refractivity contribution in [2.75, 3.05) is 44.7 Å². The zero-order valence-electron chi connectivity index (χ0n) is 15.8. The van der Waals surface area contributed by atoms with Crippen molar-refractivity contribution in [1.82, 2.24) is 14.8 Å². The normalized spacial score (nSPS) is 22.9. The van der Waals surface area contributed by atoms with Crippen molar-refractivity contribution in [1.29, 1.82) is 0 Å².